The highest BCUT2D eigenvalue weighted by molar-refractivity contribution is 5.85. The van der Waals surface area contributed by atoms with Gasteiger partial charge in [-0.05, 0) is 36.1 Å². The first-order valence-electron chi connectivity index (χ1n) is 6.63. The van der Waals surface area contributed by atoms with Crippen LogP contribution in [0.5, 0.6) is 0 Å². The fraction of sp³-hybridized carbons (Fsp3) is 0.600. The Labute approximate surface area is 129 Å². The minimum atomic E-state index is 0. The van der Waals surface area contributed by atoms with E-state index in [1.807, 2.05) is 0 Å². The van der Waals surface area contributed by atoms with Gasteiger partial charge in [0.15, 0.2) is 0 Å². The summed E-state index contributed by atoms with van der Waals surface area (Å²) in [6, 6.07) is 9.08. The maximum absolute atomic E-state index is 3.44. The molecule has 1 N–H and O–H groups in total. The molecule has 2 rings (SSSR count). The van der Waals surface area contributed by atoms with Gasteiger partial charge in [0, 0.05) is 25.3 Å². The molecule has 0 atom stereocenters. The highest BCUT2D eigenvalue weighted by Crippen LogP contribution is 2.25. The molecular weight excluding hydrogens is 279 g/mol. The SMILES string of the molecule is CC(C)(C)c1ccc(N2CCCNCC2)cc1.Cl.Cl. The molecule has 1 heterocycles. The van der Waals surface area contributed by atoms with E-state index in [0.29, 0.717) is 0 Å². The van der Waals surface area contributed by atoms with Gasteiger partial charge in [-0.3, -0.25) is 0 Å². The van der Waals surface area contributed by atoms with Gasteiger partial charge >= 0.3 is 0 Å². The summed E-state index contributed by atoms with van der Waals surface area (Å²) in [6.45, 7) is 11.3. The van der Waals surface area contributed by atoms with Crippen LogP contribution >= 0.6 is 24.8 Å². The van der Waals surface area contributed by atoms with Crippen LogP contribution in [0.25, 0.3) is 0 Å². The van der Waals surface area contributed by atoms with E-state index in [1.54, 1.807) is 0 Å². The molecule has 0 bridgehead atoms. The van der Waals surface area contributed by atoms with Crippen LogP contribution in [0.1, 0.15) is 32.8 Å². The third-order valence-electron chi connectivity index (χ3n) is 3.44. The van der Waals surface area contributed by atoms with Crippen LogP contribution in [0.2, 0.25) is 0 Å². The Balaban J connectivity index is 0.00000162. The molecule has 0 spiro atoms. The van der Waals surface area contributed by atoms with E-state index >= 15 is 0 Å². The lowest BCUT2D eigenvalue weighted by Crippen LogP contribution is -2.27. The number of halogens is 2. The van der Waals surface area contributed by atoms with Gasteiger partial charge in [0.05, 0.1) is 0 Å². The van der Waals surface area contributed by atoms with Crippen molar-refractivity contribution in [2.75, 3.05) is 31.1 Å². The molecule has 1 fully saturated rings. The van der Waals surface area contributed by atoms with Crippen molar-refractivity contribution in [2.24, 2.45) is 0 Å². The standard InChI is InChI=1S/C15H24N2.2ClH/c1-15(2,3)13-5-7-14(8-6-13)17-11-4-9-16-10-12-17;;/h5-8,16H,4,9-12H2,1-3H3;2*1H. The van der Waals surface area contributed by atoms with Crippen LogP contribution in [-0.2, 0) is 5.41 Å². The molecule has 0 saturated carbocycles. The molecule has 0 amide bonds. The van der Waals surface area contributed by atoms with E-state index in [4.69, 9.17) is 0 Å². The summed E-state index contributed by atoms with van der Waals surface area (Å²) in [7, 11) is 0. The molecule has 1 aliphatic heterocycles. The van der Waals surface area contributed by atoms with Crippen molar-refractivity contribution in [1.29, 1.82) is 0 Å². The van der Waals surface area contributed by atoms with Crippen molar-refractivity contribution in [3.05, 3.63) is 29.8 Å². The molecule has 0 unspecified atom stereocenters. The molecule has 19 heavy (non-hydrogen) atoms. The van der Waals surface area contributed by atoms with Crippen molar-refractivity contribution in [1.82, 2.24) is 5.32 Å². The van der Waals surface area contributed by atoms with Crippen LogP contribution in [0.4, 0.5) is 5.69 Å². The first-order chi connectivity index (χ1) is 8.07. The Kier molecular flexibility index (Phi) is 7.80. The van der Waals surface area contributed by atoms with E-state index in [1.165, 1.54) is 24.2 Å². The molecule has 4 heteroatoms. The molecule has 0 aliphatic carbocycles. The van der Waals surface area contributed by atoms with Crippen molar-refractivity contribution in [2.45, 2.75) is 32.6 Å². The van der Waals surface area contributed by atoms with Crippen molar-refractivity contribution in [3.63, 3.8) is 0 Å². The minimum absolute atomic E-state index is 0. The summed E-state index contributed by atoms with van der Waals surface area (Å²) in [6.07, 6.45) is 1.24. The fourth-order valence-electron chi connectivity index (χ4n) is 2.28. The predicted molar refractivity (Wildman–Crippen MR) is 89.3 cm³/mol. The number of nitrogens with zero attached hydrogens (tertiary/aromatic N) is 1. The summed E-state index contributed by atoms with van der Waals surface area (Å²) >= 11 is 0. The number of anilines is 1. The van der Waals surface area contributed by atoms with Gasteiger partial charge in [-0.15, -0.1) is 24.8 Å². The highest BCUT2D eigenvalue weighted by atomic mass is 35.5. The largest absolute Gasteiger partial charge is 0.370 e. The summed E-state index contributed by atoms with van der Waals surface area (Å²) < 4.78 is 0. The van der Waals surface area contributed by atoms with Gasteiger partial charge < -0.3 is 10.2 Å². The van der Waals surface area contributed by atoms with Gasteiger partial charge in [-0.25, -0.2) is 0 Å². The van der Waals surface area contributed by atoms with Crippen LogP contribution in [0, 0.1) is 0 Å². The molecular formula is C15H26Cl2N2. The maximum Gasteiger partial charge on any atom is 0.0366 e. The van der Waals surface area contributed by atoms with E-state index in [0.717, 1.165) is 19.6 Å². The lowest BCUT2D eigenvalue weighted by Gasteiger charge is -2.24. The number of hydrogen-bond donors (Lipinski definition) is 1. The van der Waals surface area contributed by atoms with Crippen molar-refractivity contribution < 1.29 is 0 Å². The fourth-order valence-corrected chi connectivity index (χ4v) is 2.28. The molecule has 110 valence electrons. The summed E-state index contributed by atoms with van der Waals surface area (Å²) in [5.74, 6) is 0. The molecule has 1 aromatic rings. The minimum Gasteiger partial charge on any atom is -0.370 e. The molecule has 0 aromatic heterocycles. The van der Waals surface area contributed by atoms with Gasteiger partial charge in [0.25, 0.3) is 0 Å². The summed E-state index contributed by atoms with van der Waals surface area (Å²) in [5, 5.41) is 3.44. The average molecular weight is 305 g/mol. The zero-order valence-electron chi connectivity index (χ0n) is 12.1. The Hall–Kier alpha value is -0.440. The number of rotatable bonds is 1. The zero-order valence-corrected chi connectivity index (χ0v) is 13.7. The third-order valence-corrected chi connectivity index (χ3v) is 3.44. The normalized spacial score (nSPS) is 16.1. The second-order valence-corrected chi connectivity index (χ2v) is 5.89. The van der Waals surface area contributed by atoms with Gasteiger partial charge in [-0.2, -0.15) is 0 Å². The van der Waals surface area contributed by atoms with Crippen molar-refractivity contribution >= 4 is 30.5 Å². The maximum atomic E-state index is 3.44. The van der Waals surface area contributed by atoms with Crippen LogP contribution in [-0.4, -0.2) is 26.2 Å². The molecule has 2 nitrogen and oxygen atoms in total. The molecule has 1 aromatic carbocycles. The lowest BCUT2D eigenvalue weighted by molar-refractivity contribution is 0.590. The van der Waals surface area contributed by atoms with E-state index in [2.05, 4.69) is 55.3 Å². The third kappa shape index (κ3) is 5.21. The van der Waals surface area contributed by atoms with E-state index < -0.39 is 0 Å². The summed E-state index contributed by atoms with van der Waals surface area (Å²) in [5.41, 5.74) is 3.02. The lowest BCUT2D eigenvalue weighted by atomic mass is 9.87. The van der Waals surface area contributed by atoms with Gasteiger partial charge in [0.1, 0.15) is 0 Å². The van der Waals surface area contributed by atoms with Crippen LogP contribution in [0.15, 0.2) is 24.3 Å². The molecule has 0 radical (unpaired) electrons. The second-order valence-electron chi connectivity index (χ2n) is 5.89. The number of nitrogens with one attached hydrogen (secondary N) is 1. The Morgan fingerprint density at radius 3 is 2.16 bits per heavy atom. The summed E-state index contributed by atoms with van der Waals surface area (Å²) in [4.78, 5) is 2.48. The average Bonchev–Trinajstić information content (AvgIpc) is 2.56. The molecule has 1 saturated heterocycles. The van der Waals surface area contributed by atoms with Crippen LogP contribution < -0.4 is 10.2 Å². The van der Waals surface area contributed by atoms with Gasteiger partial charge in [0.2, 0.25) is 0 Å². The molecule has 1 aliphatic rings. The highest BCUT2D eigenvalue weighted by Gasteiger charge is 2.14. The Morgan fingerprint density at radius 2 is 1.58 bits per heavy atom. The number of hydrogen-bond acceptors (Lipinski definition) is 2. The van der Waals surface area contributed by atoms with Crippen molar-refractivity contribution in [3.8, 4) is 0 Å². The van der Waals surface area contributed by atoms with E-state index in [-0.39, 0.29) is 30.2 Å². The monoisotopic (exact) mass is 304 g/mol. The Bertz CT molecular complexity index is 349. The quantitative estimate of drug-likeness (QED) is 0.852. The second kappa shape index (κ2) is 7.98. The Morgan fingerprint density at radius 1 is 0.947 bits per heavy atom. The smallest absolute Gasteiger partial charge is 0.0366 e. The predicted octanol–water partition coefficient (Wildman–Crippen LogP) is 3.63. The zero-order chi connectivity index (χ0) is 12.3. The van der Waals surface area contributed by atoms with Crippen LogP contribution in [0.3, 0.4) is 0 Å². The van der Waals surface area contributed by atoms with Gasteiger partial charge in [-0.1, -0.05) is 32.9 Å². The number of benzene rings is 1. The van der Waals surface area contributed by atoms with E-state index in [9.17, 15) is 0 Å². The first-order valence-corrected chi connectivity index (χ1v) is 6.63. The first kappa shape index (κ1) is 18.6. The topological polar surface area (TPSA) is 15.3 Å².